The molecule has 6 heteroatoms. The average molecular weight is 377 g/mol. The predicted molar refractivity (Wildman–Crippen MR) is 104 cm³/mol. The number of aromatic nitrogens is 1. The van der Waals surface area contributed by atoms with E-state index >= 15 is 0 Å². The van der Waals surface area contributed by atoms with Gasteiger partial charge in [0.05, 0.1) is 11.6 Å². The fourth-order valence-electron chi connectivity index (χ4n) is 4.04. The van der Waals surface area contributed by atoms with Crippen molar-refractivity contribution < 1.29 is 14.0 Å². The number of pyridine rings is 1. The number of Topliss-reactive ketones (excluding diaryl/α,β-unsaturated/α-hetero) is 1. The second-order valence-corrected chi connectivity index (χ2v) is 7.10. The second-order valence-electron chi connectivity index (χ2n) is 7.10. The van der Waals surface area contributed by atoms with Gasteiger partial charge in [-0.25, -0.2) is 4.39 Å². The molecule has 4 rings (SSSR count). The quantitative estimate of drug-likeness (QED) is 0.877. The summed E-state index contributed by atoms with van der Waals surface area (Å²) in [5, 5.41) is 2.67. The highest BCUT2D eigenvalue weighted by Crippen LogP contribution is 2.43. The number of hydrogen-bond acceptors (Lipinski definition) is 4. The summed E-state index contributed by atoms with van der Waals surface area (Å²) in [4.78, 5) is 34.7. The van der Waals surface area contributed by atoms with Gasteiger partial charge in [-0.2, -0.15) is 0 Å². The number of rotatable bonds is 3. The molecule has 0 spiro atoms. The molecule has 1 aliphatic carbocycles. The van der Waals surface area contributed by atoms with Gasteiger partial charge in [0, 0.05) is 41.7 Å². The lowest BCUT2D eigenvalue weighted by atomic mass is 9.71. The Morgan fingerprint density at radius 2 is 2.00 bits per heavy atom. The fraction of sp³-hybridized carbons (Fsp3) is 0.273. The van der Waals surface area contributed by atoms with Crippen LogP contribution in [0.15, 0.2) is 65.1 Å². The standard InChI is InChI=1S/C22H20FN3O2/c1-13-19(22(28)26-16-8-3-2-7-15(16)23)20(14-6-5-11-24-12-14)21-17(25-13)9-4-10-18(21)27/h2-3,5-8,11-12,19-20H,4,9-10H2,1H3,(H,26,28)/t19?,20-/m1/s1. The Bertz CT molecular complexity index is 998. The Balaban J connectivity index is 1.77. The van der Waals surface area contributed by atoms with Crippen molar-refractivity contribution in [2.45, 2.75) is 32.1 Å². The van der Waals surface area contributed by atoms with Crippen molar-refractivity contribution in [1.82, 2.24) is 4.98 Å². The van der Waals surface area contributed by atoms with Gasteiger partial charge in [0.25, 0.3) is 0 Å². The molecule has 0 saturated heterocycles. The molecular formula is C22H20FN3O2. The molecule has 2 heterocycles. The van der Waals surface area contributed by atoms with Crippen LogP contribution in [0, 0.1) is 11.7 Å². The minimum absolute atomic E-state index is 0.0232. The maximum absolute atomic E-state index is 14.0. The van der Waals surface area contributed by atoms with Gasteiger partial charge in [0.2, 0.25) is 5.91 Å². The SMILES string of the molecule is CC1=NC2=C(C(=O)CCC2)[C@H](c2cccnc2)C1C(=O)Nc1ccccc1F. The molecule has 1 aromatic carbocycles. The molecule has 2 aliphatic rings. The molecule has 1 aromatic heterocycles. The van der Waals surface area contributed by atoms with Crippen LogP contribution in [-0.4, -0.2) is 22.4 Å². The number of hydrogen-bond donors (Lipinski definition) is 1. The Hall–Kier alpha value is -3.15. The third-order valence-corrected chi connectivity index (χ3v) is 5.29. The first-order valence-electron chi connectivity index (χ1n) is 9.33. The van der Waals surface area contributed by atoms with E-state index in [1.54, 1.807) is 37.5 Å². The van der Waals surface area contributed by atoms with Gasteiger partial charge in [0.1, 0.15) is 5.82 Å². The monoisotopic (exact) mass is 377 g/mol. The summed E-state index contributed by atoms with van der Waals surface area (Å²) < 4.78 is 14.0. The van der Waals surface area contributed by atoms with Crippen molar-refractivity contribution in [2.24, 2.45) is 10.9 Å². The molecule has 1 unspecified atom stereocenters. The first-order valence-corrected chi connectivity index (χ1v) is 9.33. The lowest BCUT2D eigenvalue weighted by Crippen LogP contribution is -2.39. The van der Waals surface area contributed by atoms with E-state index < -0.39 is 17.7 Å². The van der Waals surface area contributed by atoms with E-state index in [1.165, 1.54) is 12.1 Å². The van der Waals surface area contributed by atoms with Crippen LogP contribution in [0.3, 0.4) is 0 Å². The number of allylic oxidation sites excluding steroid dienone is 2. The average Bonchev–Trinajstić information content (AvgIpc) is 2.69. The summed E-state index contributed by atoms with van der Waals surface area (Å²) in [5.41, 5.74) is 2.88. The summed E-state index contributed by atoms with van der Waals surface area (Å²) >= 11 is 0. The minimum Gasteiger partial charge on any atom is -0.323 e. The first kappa shape index (κ1) is 18.2. The van der Waals surface area contributed by atoms with E-state index in [4.69, 9.17) is 0 Å². The smallest absolute Gasteiger partial charge is 0.234 e. The number of ketones is 1. The highest BCUT2D eigenvalue weighted by molar-refractivity contribution is 6.13. The van der Waals surface area contributed by atoms with Gasteiger partial charge < -0.3 is 5.32 Å². The molecule has 1 amide bonds. The zero-order valence-corrected chi connectivity index (χ0v) is 15.5. The number of aliphatic imine (C=N–C) groups is 1. The molecule has 142 valence electrons. The lowest BCUT2D eigenvalue weighted by molar-refractivity contribution is -0.119. The zero-order valence-electron chi connectivity index (χ0n) is 15.5. The Morgan fingerprint density at radius 1 is 1.18 bits per heavy atom. The predicted octanol–water partition coefficient (Wildman–Crippen LogP) is 4.04. The van der Waals surface area contributed by atoms with Crippen LogP contribution >= 0.6 is 0 Å². The highest BCUT2D eigenvalue weighted by atomic mass is 19.1. The van der Waals surface area contributed by atoms with Crippen molar-refractivity contribution in [2.75, 3.05) is 5.32 Å². The van der Waals surface area contributed by atoms with E-state index in [1.807, 2.05) is 6.07 Å². The molecule has 5 nitrogen and oxygen atoms in total. The molecule has 2 atom stereocenters. The molecule has 0 bridgehead atoms. The number of amides is 1. The van der Waals surface area contributed by atoms with Crippen LogP contribution < -0.4 is 5.32 Å². The first-order chi connectivity index (χ1) is 13.6. The number of para-hydroxylation sites is 1. The largest absolute Gasteiger partial charge is 0.323 e. The van der Waals surface area contributed by atoms with E-state index in [2.05, 4.69) is 15.3 Å². The van der Waals surface area contributed by atoms with Crippen molar-refractivity contribution in [3.63, 3.8) is 0 Å². The van der Waals surface area contributed by atoms with Crippen molar-refractivity contribution >= 4 is 23.1 Å². The van der Waals surface area contributed by atoms with Crippen LogP contribution in [0.2, 0.25) is 0 Å². The van der Waals surface area contributed by atoms with Crippen molar-refractivity contribution in [3.05, 3.63) is 71.4 Å². The molecule has 0 saturated carbocycles. The van der Waals surface area contributed by atoms with Crippen molar-refractivity contribution in [3.8, 4) is 0 Å². The molecule has 2 aromatic rings. The van der Waals surface area contributed by atoms with Crippen LogP contribution in [0.5, 0.6) is 0 Å². The summed E-state index contributed by atoms with van der Waals surface area (Å²) in [6.07, 6.45) is 5.27. The topological polar surface area (TPSA) is 71.4 Å². The number of benzene rings is 1. The van der Waals surface area contributed by atoms with Crippen LogP contribution in [0.4, 0.5) is 10.1 Å². The van der Waals surface area contributed by atoms with Gasteiger partial charge in [-0.05, 0) is 43.5 Å². The fourth-order valence-corrected chi connectivity index (χ4v) is 4.04. The maximum atomic E-state index is 14.0. The van der Waals surface area contributed by atoms with Gasteiger partial charge in [0.15, 0.2) is 5.78 Å². The van der Waals surface area contributed by atoms with Crippen LogP contribution in [0.25, 0.3) is 0 Å². The molecule has 28 heavy (non-hydrogen) atoms. The van der Waals surface area contributed by atoms with E-state index in [0.29, 0.717) is 17.7 Å². The second kappa shape index (κ2) is 7.46. The third kappa shape index (κ3) is 3.26. The van der Waals surface area contributed by atoms with Gasteiger partial charge >= 0.3 is 0 Å². The molecule has 1 N–H and O–H groups in total. The zero-order chi connectivity index (χ0) is 19.7. The Morgan fingerprint density at radius 3 is 2.75 bits per heavy atom. The summed E-state index contributed by atoms with van der Waals surface area (Å²) in [6.45, 7) is 1.79. The summed E-state index contributed by atoms with van der Waals surface area (Å²) in [5.74, 6) is -2.04. The Kier molecular flexibility index (Phi) is 4.86. The molecular weight excluding hydrogens is 357 g/mol. The number of nitrogens with one attached hydrogen (secondary N) is 1. The van der Waals surface area contributed by atoms with E-state index in [9.17, 15) is 14.0 Å². The van der Waals surface area contributed by atoms with Gasteiger partial charge in [-0.3, -0.25) is 19.6 Å². The normalized spacial score (nSPS) is 21.8. The highest BCUT2D eigenvalue weighted by Gasteiger charge is 2.42. The number of carbonyl (C=O) groups is 2. The summed E-state index contributed by atoms with van der Waals surface area (Å²) in [7, 11) is 0. The van der Waals surface area contributed by atoms with Gasteiger partial charge in [-0.15, -0.1) is 0 Å². The third-order valence-electron chi connectivity index (χ3n) is 5.29. The number of anilines is 1. The molecule has 1 aliphatic heterocycles. The Labute approximate surface area is 162 Å². The molecule has 0 radical (unpaired) electrons. The van der Waals surface area contributed by atoms with E-state index in [-0.39, 0.29) is 17.4 Å². The lowest BCUT2D eigenvalue weighted by Gasteiger charge is -2.34. The summed E-state index contributed by atoms with van der Waals surface area (Å²) in [6, 6.07) is 9.68. The van der Waals surface area contributed by atoms with E-state index in [0.717, 1.165) is 24.1 Å². The maximum Gasteiger partial charge on any atom is 0.234 e. The van der Waals surface area contributed by atoms with Crippen molar-refractivity contribution in [1.29, 1.82) is 0 Å². The minimum atomic E-state index is -0.704. The van der Waals surface area contributed by atoms with Crippen LogP contribution in [0.1, 0.15) is 37.7 Å². The number of halogens is 1. The molecule has 0 fully saturated rings. The number of nitrogens with zero attached hydrogens (tertiary/aromatic N) is 2. The number of carbonyl (C=O) groups excluding carboxylic acids is 2. The van der Waals surface area contributed by atoms with Gasteiger partial charge in [-0.1, -0.05) is 18.2 Å². The van der Waals surface area contributed by atoms with Crippen LogP contribution in [-0.2, 0) is 9.59 Å².